The number of ether oxygens (including phenoxy) is 2. The molecule has 0 saturated heterocycles. The summed E-state index contributed by atoms with van der Waals surface area (Å²) in [6.45, 7) is 3.41. The van der Waals surface area contributed by atoms with Crippen molar-refractivity contribution in [3.63, 3.8) is 0 Å². The van der Waals surface area contributed by atoms with E-state index in [0.717, 1.165) is 18.4 Å². The zero-order valence-electron chi connectivity index (χ0n) is 21.4. The van der Waals surface area contributed by atoms with E-state index in [4.69, 9.17) is 14.0 Å². The lowest BCUT2D eigenvalue weighted by Crippen LogP contribution is -2.36. The van der Waals surface area contributed by atoms with Crippen LogP contribution in [0.2, 0.25) is 0 Å². The van der Waals surface area contributed by atoms with Gasteiger partial charge in [-0.1, -0.05) is 36.2 Å². The monoisotopic (exact) mass is 522 g/mol. The topological polar surface area (TPSA) is 153 Å². The number of carboxylic acid groups (broad SMARTS) is 1. The number of nitrogens with zero attached hydrogens (tertiary/aromatic N) is 2. The first-order valence-electron chi connectivity index (χ1n) is 12.4. The fraction of sp³-hybridized carbons (Fsp3) is 0.370. The van der Waals surface area contributed by atoms with Crippen LogP contribution in [0.25, 0.3) is 11.5 Å². The molecular weight excluding hydrogens is 492 g/mol. The van der Waals surface area contributed by atoms with Gasteiger partial charge in [-0.3, -0.25) is 19.9 Å². The maximum Gasteiger partial charge on any atom is 0.412 e. The van der Waals surface area contributed by atoms with E-state index in [1.165, 1.54) is 6.20 Å². The number of hydrogen-bond acceptors (Lipinski definition) is 8. The molecule has 3 aromatic rings. The lowest BCUT2D eigenvalue weighted by molar-refractivity contribution is -0.147. The van der Waals surface area contributed by atoms with E-state index in [9.17, 15) is 19.5 Å². The number of carbonyl (C=O) groups is 3. The highest BCUT2D eigenvalue weighted by atomic mass is 16.6. The van der Waals surface area contributed by atoms with Crippen LogP contribution < -0.4 is 15.4 Å². The first-order chi connectivity index (χ1) is 18.3. The number of aliphatic carboxylic acids is 1. The molecule has 1 unspecified atom stereocenters. The number of pyridine rings is 1. The molecular formula is C27H30N4O7. The zero-order valence-corrected chi connectivity index (χ0v) is 21.4. The summed E-state index contributed by atoms with van der Waals surface area (Å²) in [4.78, 5) is 41.3. The van der Waals surface area contributed by atoms with Gasteiger partial charge >= 0.3 is 12.1 Å². The average molecular weight is 523 g/mol. The highest BCUT2D eigenvalue weighted by Gasteiger charge is 2.35. The number of aromatic nitrogens is 2. The Morgan fingerprint density at radius 1 is 1.08 bits per heavy atom. The first-order valence-corrected chi connectivity index (χ1v) is 12.4. The maximum atomic E-state index is 12.7. The van der Waals surface area contributed by atoms with Gasteiger partial charge < -0.3 is 24.4 Å². The normalized spacial score (nSPS) is 17.8. The Kier molecular flexibility index (Phi) is 8.25. The lowest BCUT2D eigenvalue weighted by Gasteiger charge is -2.27. The zero-order chi connectivity index (χ0) is 27.2. The Morgan fingerprint density at radius 3 is 2.50 bits per heavy atom. The maximum absolute atomic E-state index is 12.7. The molecule has 38 heavy (non-hydrogen) atoms. The molecule has 4 rings (SSSR count). The fourth-order valence-electron chi connectivity index (χ4n) is 4.63. The summed E-state index contributed by atoms with van der Waals surface area (Å²) in [5.74, 6) is -1.73. The van der Waals surface area contributed by atoms with Crippen molar-refractivity contribution in [1.29, 1.82) is 0 Å². The molecule has 2 amide bonds. The predicted octanol–water partition coefficient (Wildman–Crippen LogP) is 5.19. The van der Waals surface area contributed by atoms with Gasteiger partial charge in [-0.05, 0) is 44.9 Å². The highest BCUT2D eigenvalue weighted by Crippen LogP contribution is 2.33. The Balaban J connectivity index is 1.43. The molecule has 2 heterocycles. The average Bonchev–Trinajstić information content (AvgIpc) is 3.28. The minimum absolute atomic E-state index is 0.223. The second-order valence-electron chi connectivity index (χ2n) is 9.14. The van der Waals surface area contributed by atoms with Crippen molar-refractivity contribution < 1.29 is 33.5 Å². The van der Waals surface area contributed by atoms with Gasteiger partial charge in [-0.25, -0.2) is 4.79 Å². The third-order valence-electron chi connectivity index (χ3n) is 6.63. The van der Waals surface area contributed by atoms with Gasteiger partial charge in [0.15, 0.2) is 0 Å². The Labute approximate surface area is 219 Å². The number of aryl methyl sites for hydroxylation is 1. The van der Waals surface area contributed by atoms with Gasteiger partial charge in [0.25, 0.3) is 0 Å². The van der Waals surface area contributed by atoms with Gasteiger partial charge in [0.1, 0.15) is 28.9 Å². The second-order valence-corrected chi connectivity index (χ2v) is 9.14. The Hall–Kier alpha value is -4.41. The summed E-state index contributed by atoms with van der Waals surface area (Å²) < 4.78 is 16.3. The van der Waals surface area contributed by atoms with Crippen LogP contribution in [0.5, 0.6) is 5.75 Å². The molecule has 11 heteroatoms. The van der Waals surface area contributed by atoms with Crippen molar-refractivity contribution >= 4 is 29.3 Å². The van der Waals surface area contributed by atoms with Crippen molar-refractivity contribution in [3.05, 3.63) is 53.9 Å². The molecule has 0 radical (unpaired) electrons. The van der Waals surface area contributed by atoms with Crippen LogP contribution in [-0.4, -0.2) is 40.3 Å². The molecule has 1 saturated carbocycles. The SMILES string of the molecule is COc1ccccc1C(C)OC(=O)Nc1c(C)noc1-c1ccc(NC(=O)[C@H]2CCCC[C@@H]2C(=O)O)cn1. The van der Waals surface area contributed by atoms with Gasteiger partial charge in [0.05, 0.1) is 30.8 Å². The van der Waals surface area contributed by atoms with Crippen molar-refractivity contribution in [2.75, 3.05) is 17.7 Å². The van der Waals surface area contributed by atoms with Gasteiger partial charge in [-0.15, -0.1) is 0 Å². The standard InChI is InChI=1S/C27H30N4O7/c1-15-23(30-27(35)37-16(2)18-8-6-7-11-22(18)36-3)24(38-31-15)21-13-12-17(14-28-21)29-25(32)19-9-4-5-10-20(19)26(33)34/h6-8,11-14,16,19-20H,4-5,9-10H2,1-3H3,(H,29,32)(H,30,35)(H,33,34)/t16?,19-,20-/m0/s1. The van der Waals surface area contributed by atoms with E-state index in [1.54, 1.807) is 39.2 Å². The molecule has 2 aromatic heterocycles. The van der Waals surface area contributed by atoms with E-state index in [2.05, 4.69) is 20.8 Å². The summed E-state index contributed by atoms with van der Waals surface area (Å²) >= 11 is 0. The van der Waals surface area contributed by atoms with Gasteiger partial charge in [0.2, 0.25) is 11.7 Å². The Bertz CT molecular complexity index is 1310. The van der Waals surface area contributed by atoms with Crippen LogP contribution >= 0.6 is 0 Å². The van der Waals surface area contributed by atoms with Gasteiger partial charge in [-0.2, -0.15) is 0 Å². The first kappa shape index (κ1) is 26.6. The van der Waals surface area contributed by atoms with Crippen LogP contribution in [0.4, 0.5) is 16.2 Å². The number of hydrogen-bond donors (Lipinski definition) is 3. The van der Waals surface area contributed by atoms with Crippen LogP contribution in [-0.2, 0) is 14.3 Å². The summed E-state index contributed by atoms with van der Waals surface area (Å²) in [7, 11) is 1.55. The molecule has 1 aromatic carbocycles. The lowest BCUT2D eigenvalue weighted by atomic mass is 9.78. The van der Waals surface area contributed by atoms with Crippen molar-refractivity contribution in [2.24, 2.45) is 11.8 Å². The van der Waals surface area contributed by atoms with Crippen molar-refractivity contribution in [1.82, 2.24) is 10.1 Å². The molecule has 1 aliphatic carbocycles. The highest BCUT2D eigenvalue weighted by molar-refractivity contribution is 5.95. The van der Waals surface area contributed by atoms with E-state index < -0.39 is 30.0 Å². The summed E-state index contributed by atoms with van der Waals surface area (Å²) in [6.07, 6.45) is 2.80. The third-order valence-corrected chi connectivity index (χ3v) is 6.63. The number of nitrogens with one attached hydrogen (secondary N) is 2. The largest absolute Gasteiger partial charge is 0.496 e. The minimum atomic E-state index is -0.949. The van der Waals surface area contributed by atoms with Crippen LogP contribution in [0.1, 0.15) is 50.0 Å². The van der Waals surface area contributed by atoms with E-state index in [1.807, 2.05) is 18.2 Å². The number of benzene rings is 1. The molecule has 3 N–H and O–H groups in total. The predicted molar refractivity (Wildman–Crippen MR) is 138 cm³/mol. The third kappa shape index (κ3) is 5.93. The number of anilines is 2. The number of carboxylic acids is 1. The quantitative estimate of drug-likeness (QED) is 0.362. The number of carbonyl (C=O) groups excluding carboxylic acids is 2. The summed E-state index contributed by atoms with van der Waals surface area (Å²) in [5, 5.41) is 18.8. The van der Waals surface area contributed by atoms with Gasteiger partial charge in [0, 0.05) is 5.56 Å². The molecule has 3 atom stereocenters. The number of para-hydroxylation sites is 1. The van der Waals surface area contributed by atoms with Crippen LogP contribution in [0.3, 0.4) is 0 Å². The smallest absolute Gasteiger partial charge is 0.412 e. The number of amides is 2. The fourth-order valence-corrected chi connectivity index (χ4v) is 4.63. The molecule has 200 valence electrons. The van der Waals surface area contributed by atoms with E-state index in [-0.39, 0.29) is 11.7 Å². The summed E-state index contributed by atoms with van der Waals surface area (Å²) in [6, 6.07) is 10.5. The number of methoxy groups -OCH3 is 1. The van der Waals surface area contributed by atoms with E-state index in [0.29, 0.717) is 41.4 Å². The number of rotatable bonds is 8. The molecule has 0 bridgehead atoms. The van der Waals surface area contributed by atoms with Crippen LogP contribution in [0, 0.1) is 18.8 Å². The molecule has 0 aliphatic heterocycles. The van der Waals surface area contributed by atoms with Crippen molar-refractivity contribution in [3.8, 4) is 17.2 Å². The summed E-state index contributed by atoms with van der Waals surface area (Å²) in [5.41, 5.74) is 2.24. The molecule has 1 aliphatic rings. The molecule has 0 spiro atoms. The van der Waals surface area contributed by atoms with Crippen LogP contribution in [0.15, 0.2) is 47.1 Å². The molecule has 1 fully saturated rings. The Morgan fingerprint density at radius 2 is 1.82 bits per heavy atom. The molecule has 11 nitrogen and oxygen atoms in total. The second kappa shape index (κ2) is 11.8. The van der Waals surface area contributed by atoms with Crippen molar-refractivity contribution in [2.45, 2.75) is 45.6 Å². The minimum Gasteiger partial charge on any atom is -0.496 e. The van der Waals surface area contributed by atoms with E-state index >= 15 is 0 Å².